The molecule has 4 aliphatic heterocycles. The SMILES string of the molecule is C=C/C(=C(\N=C/C)[C@H](C)OC)c1c2c3cc(ccc3n1CC)-c1csc(n1)C[C@H](NC(=O)[C@H](C)N(C)C(=O)[C@H]1CCN(C(=O)C#CC(C)(C)N3CCC3)C1)C(=O)N1CCC[C@](C=O)(COCC(C)(C)C2)N1. The van der Waals surface area contributed by atoms with Crippen LogP contribution in [0.15, 0.2) is 46.9 Å². The van der Waals surface area contributed by atoms with Crippen molar-refractivity contribution in [2.45, 2.75) is 130 Å². The first-order chi connectivity index (χ1) is 33.8. The van der Waals surface area contributed by atoms with Gasteiger partial charge in [-0.15, -0.1) is 11.3 Å². The maximum Gasteiger partial charge on any atom is 0.298 e. The molecular formula is C54H73N9O7S. The quantitative estimate of drug-likeness (QED) is 0.0997. The van der Waals surface area contributed by atoms with Crippen LogP contribution in [-0.2, 0) is 52.8 Å². The lowest BCUT2D eigenvalue weighted by Crippen LogP contribution is -2.66. The van der Waals surface area contributed by atoms with Crippen LogP contribution in [0.5, 0.6) is 0 Å². The van der Waals surface area contributed by atoms with Gasteiger partial charge in [0, 0.05) is 93.5 Å². The van der Waals surface area contributed by atoms with E-state index in [-0.39, 0.29) is 37.5 Å². The first kappa shape index (κ1) is 53.3. The van der Waals surface area contributed by atoms with Crippen molar-refractivity contribution in [3.05, 3.63) is 58.2 Å². The predicted octanol–water partition coefficient (Wildman–Crippen LogP) is 5.68. The van der Waals surface area contributed by atoms with Crippen molar-refractivity contribution in [1.29, 1.82) is 0 Å². The summed E-state index contributed by atoms with van der Waals surface area (Å²) in [7, 11) is 3.25. The molecule has 6 heterocycles. The van der Waals surface area contributed by atoms with Crippen LogP contribution in [0.25, 0.3) is 27.7 Å². The van der Waals surface area contributed by atoms with E-state index < -0.39 is 46.3 Å². The molecule has 0 radical (unpaired) electrons. The molecule has 5 atom stereocenters. The van der Waals surface area contributed by atoms with Gasteiger partial charge in [-0.05, 0) is 103 Å². The fourth-order valence-corrected chi connectivity index (χ4v) is 11.0. The number of fused-ring (bicyclic) bond motifs is 6. The van der Waals surface area contributed by atoms with E-state index >= 15 is 0 Å². The first-order valence-corrected chi connectivity index (χ1v) is 25.9. The standard InChI is InChI=1S/C54H73N9O7S/c1-12-39(47(55-13-2)36(5)69-11)48-41-29-52(6,7)33-70-34-54(32-64)21-15-25-63(58-54)51(68)42(28-45-56-43(31-71-45)37-17-18-44(40(41)27-37)62(48)14-3)57-49(66)35(4)59(10)50(67)38-20-26-60(30-38)46(65)19-22-53(8,9)61-23-16-24-61/h12-13,17-18,27,31-32,35-36,38,42,58H,1,14-16,20-21,23-26,28-30,33-34H2,2-11H3,(H,57,66)/b47-39+,55-13-/t35-,36-,38-,42-,54-/m0/s1. The highest BCUT2D eigenvalue weighted by Gasteiger charge is 2.42. The van der Waals surface area contributed by atoms with Crippen molar-refractivity contribution in [1.82, 2.24) is 40.0 Å². The number of ether oxygens (including phenoxy) is 2. The van der Waals surface area contributed by atoms with Crippen LogP contribution in [0.3, 0.4) is 0 Å². The molecule has 4 amide bonds. The van der Waals surface area contributed by atoms with Gasteiger partial charge in [0.1, 0.15) is 23.9 Å². The molecule has 1 aromatic carbocycles. The van der Waals surface area contributed by atoms with E-state index in [9.17, 15) is 24.0 Å². The zero-order valence-corrected chi connectivity index (χ0v) is 44.2. The summed E-state index contributed by atoms with van der Waals surface area (Å²) in [6.45, 7) is 24.0. The monoisotopic (exact) mass is 992 g/mol. The van der Waals surface area contributed by atoms with Crippen LogP contribution >= 0.6 is 11.3 Å². The van der Waals surface area contributed by atoms with Crippen molar-refractivity contribution in [2.75, 3.05) is 60.1 Å². The fourth-order valence-electron chi connectivity index (χ4n) is 10.2. The zero-order valence-electron chi connectivity index (χ0n) is 43.4. The Morgan fingerprint density at radius 3 is 2.59 bits per heavy atom. The summed E-state index contributed by atoms with van der Waals surface area (Å²) in [4.78, 5) is 84.2. The molecule has 16 nitrogen and oxygen atoms in total. The second-order valence-corrected chi connectivity index (χ2v) is 21.7. The minimum Gasteiger partial charge on any atom is -0.378 e. The number of aliphatic imine (C=N–C) groups is 1. The minimum atomic E-state index is -1.20. The number of carbonyl (C=O) groups is 5. The lowest BCUT2D eigenvalue weighted by Gasteiger charge is -2.42. The molecule has 382 valence electrons. The fraction of sp³-hybridized carbons (Fsp3) is 0.574. The smallest absolute Gasteiger partial charge is 0.298 e. The molecule has 0 saturated carbocycles. The van der Waals surface area contributed by atoms with Gasteiger partial charge in [-0.1, -0.05) is 38.5 Å². The number of amides is 4. The number of nitrogens with one attached hydrogen (secondary N) is 2. The average molecular weight is 992 g/mol. The molecule has 71 heavy (non-hydrogen) atoms. The lowest BCUT2D eigenvalue weighted by molar-refractivity contribution is -0.148. The highest BCUT2D eigenvalue weighted by molar-refractivity contribution is 7.10. The van der Waals surface area contributed by atoms with E-state index in [2.05, 4.69) is 77.6 Å². The molecule has 4 aliphatic rings. The van der Waals surface area contributed by atoms with Crippen LogP contribution in [0.4, 0.5) is 0 Å². The number of likely N-dealkylation sites (N-methyl/N-ethyl adjacent to an activating group) is 1. The van der Waals surface area contributed by atoms with Gasteiger partial charge < -0.3 is 34.0 Å². The summed E-state index contributed by atoms with van der Waals surface area (Å²) in [5.74, 6) is 3.88. The summed E-state index contributed by atoms with van der Waals surface area (Å²) >= 11 is 1.39. The summed E-state index contributed by atoms with van der Waals surface area (Å²) < 4.78 is 14.6. The highest BCUT2D eigenvalue weighted by Crippen LogP contribution is 2.40. The summed E-state index contributed by atoms with van der Waals surface area (Å²) in [6, 6.07) is 4.29. The van der Waals surface area contributed by atoms with Crippen molar-refractivity contribution in [2.24, 2.45) is 16.3 Å². The molecule has 0 aliphatic carbocycles. The molecule has 7 rings (SSSR count). The molecular weight excluding hydrogens is 919 g/mol. The summed E-state index contributed by atoms with van der Waals surface area (Å²) in [6.07, 6.45) is 7.32. The van der Waals surface area contributed by atoms with E-state index in [1.165, 1.54) is 21.2 Å². The Balaban J connectivity index is 1.19. The number of thiazole rings is 1. The van der Waals surface area contributed by atoms with Crippen molar-refractivity contribution in [3.8, 4) is 23.1 Å². The van der Waals surface area contributed by atoms with Crippen LogP contribution < -0.4 is 10.7 Å². The number of allylic oxidation sites excluding steroid dienone is 2. The van der Waals surface area contributed by atoms with E-state index in [1.807, 2.05) is 39.2 Å². The van der Waals surface area contributed by atoms with Gasteiger partial charge in [-0.25, -0.2) is 10.4 Å². The Kier molecular flexibility index (Phi) is 16.6. The van der Waals surface area contributed by atoms with Gasteiger partial charge in [0.15, 0.2) is 0 Å². The number of rotatable bonds is 12. The number of hydrogen-bond acceptors (Lipinski definition) is 12. The van der Waals surface area contributed by atoms with E-state index in [4.69, 9.17) is 19.5 Å². The maximum absolute atomic E-state index is 14.7. The Hall–Kier alpha value is -5.51. The third-order valence-corrected chi connectivity index (χ3v) is 15.6. The molecule has 3 saturated heterocycles. The number of nitrogens with zero attached hydrogens (tertiary/aromatic N) is 7. The second-order valence-electron chi connectivity index (χ2n) is 20.8. The third kappa shape index (κ3) is 11.4. The number of likely N-dealkylation sites (tertiary alicyclic amines) is 2. The molecule has 3 aromatic rings. The maximum atomic E-state index is 14.7. The molecule has 17 heteroatoms. The van der Waals surface area contributed by atoms with Crippen LogP contribution in [0.2, 0.25) is 0 Å². The number of hydrazine groups is 1. The highest BCUT2D eigenvalue weighted by atomic mass is 32.1. The average Bonchev–Trinajstić information content (AvgIpc) is 4.09. The number of methoxy groups -OCH3 is 1. The molecule has 0 unspecified atom stereocenters. The van der Waals surface area contributed by atoms with Gasteiger partial charge in [-0.2, -0.15) is 0 Å². The number of aryl methyl sites for hydroxylation is 1. The Bertz CT molecular complexity index is 2650. The normalized spacial score (nSPS) is 23.2. The lowest BCUT2D eigenvalue weighted by atomic mass is 9.84. The van der Waals surface area contributed by atoms with E-state index in [1.54, 1.807) is 32.2 Å². The van der Waals surface area contributed by atoms with E-state index in [0.29, 0.717) is 56.9 Å². The van der Waals surface area contributed by atoms with Gasteiger partial charge in [0.05, 0.1) is 52.9 Å². The Morgan fingerprint density at radius 2 is 1.93 bits per heavy atom. The largest absolute Gasteiger partial charge is 0.378 e. The van der Waals surface area contributed by atoms with Gasteiger partial charge in [-0.3, -0.25) is 34.1 Å². The number of aromatic nitrogens is 2. The Morgan fingerprint density at radius 1 is 1.17 bits per heavy atom. The van der Waals surface area contributed by atoms with Crippen LogP contribution in [-0.4, -0.2) is 155 Å². The number of aldehydes is 1. The van der Waals surface area contributed by atoms with Crippen LogP contribution in [0, 0.1) is 23.2 Å². The first-order valence-electron chi connectivity index (χ1n) is 25.1. The van der Waals surface area contributed by atoms with Gasteiger partial charge >= 0.3 is 0 Å². The van der Waals surface area contributed by atoms with Crippen LogP contribution in [0.1, 0.15) is 97.3 Å². The zero-order chi connectivity index (χ0) is 51.4. The minimum absolute atomic E-state index is 0.0140. The number of hydrogen-bond donors (Lipinski definition) is 2. The van der Waals surface area contributed by atoms with E-state index in [0.717, 1.165) is 70.5 Å². The molecule has 2 aromatic heterocycles. The molecule has 3 fully saturated rings. The second kappa shape index (κ2) is 22.1. The Labute approximate surface area is 423 Å². The number of carbonyl (C=O) groups excluding carboxylic acids is 5. The third-order valence-electron chi connectivity index (χ3n) is 14.7. The van der Waals surface area contributed by atoms with Crippen molar-refractivity contribution in [3.63, 3.8) is 0 Å². The van der Waals surface area contributed by atoms with Crippen molar-refractivity contribution >= 4 is 63.9 Å². The van der Waals surface area contributed by atoms with Crippen molar-refractivity contribution < 1.29 is 33.4 Å². The van der Waals surface area contributed by atoms with Gasteiger partial charge in [0.25, 0.3) is 11.8 Å². The number of benzene rings is 1. The topological polar surface area (TPSA) is 171 Å². The van der Waals surface area contributed by atoms with Gasteiger partial charge in [0.2, 0.25) is 11.8 Å². The summed E-state index contributed by atoms with van der Waals surface area (Å²) in [5, 5.41) is 8.03. The molecule has 6 bridgehead atoms. The molecule has 2 N–H and O–H groups in total. The predicted molar refractivity (Wildman–Crippen MR) is 278 cm³/mol. The molecule has 0 spiro atoms. The summed E-state index contributed by atoms with van der Waals surface area (Å²) in [5.41, 5.74) is 7.55.